The quantitative estimate of drug-likeness (QED) is 0.688. The normalized spacial score (nSPS) is 13.1. The molecule has 23 heavy (non-hydrogen) atoms. The summed E-state index contributed by atoms with van der Waals surface area (Å²) in [6.45, 7) is 1.60. The third-order valence-electron chi connectivity index (χ3n) is 3.68. The van der Waals surface area contributed by atoms with Crippen molar-refractivity contribution >= 4 is 17.5 Å². The molecule has 2 aromatic rings. The summed E-state index contributed by atoms with van der Waals surface area (Å²) in [7, 11) is 3.11. The van der Waals surface area contributed by atoms with Crippen LogP contribution < -0.4 is 25.4 Å². The van der Waals surface area contributed by atoms with Gasteiger partial charge in [-0.15, -0.1) is 0 Å². The molecule has 0 bridgehead atoms. The number of hydrogen-bond donors (Lipinski definition) is 4. The number of benzene rings is 1. The second-order valence-electron chi connectivity index (χ2n) is 5.10. The van der Waals surface area contributed by atoms with Crippen LogP contribution in [0.3, 0.4) is 0 Å². The average molecular weight is 317 g/mol. The van der Waals surface area contributed by atoms with Gasteiger partial charge >= 0.3 is 6.03 Å². The molecule has 122 valence electrons. The van der Waals surface area contributed by atoms with Gasteiger partial charge in [-0.05, 0) is 12.1 Å². The van der Waals surface area contributed by atoms with Crippen LogP contribution in [0.1, 0.15) is 11.3 Å². The van der Waals surface area contributed by atoms with Gasteiger partial charge in [-0.2, -0.15) is 5.10 Å². The predicted octanol–water partition coefficient (Wildman–Crippen LogP) is 1.72. The van der Waals surface area contributed by atoms with Crippen LogP contribution in [0.5, 0.6) is 11.5 Å². The van der Waals surface area contributed by atoms with E-state index >= 15 is 0 Å². The number of amides is 2. The number of nitrogens with zero attached hydrogens (tertiary/aromatic N) is 1. The molecule has 1 aliphatic heterocycles. The highest BCUT2D eigenvalue weighted by Crippen LogP contribution is 2.29. The van der Waals surface area contributed by atoms with Crippen LogP contribution in [0, 0.1) is 0 Å². The maximum absolute atomic E-state index is 12.2. The Hall–Kier alpha value is -2.74. The van der Waals surface area contributed by atoms with E-state index in [4.69, 9.17) is 9.47 Å². The van der Waals surface area contributed by atoms with Crippen LogP contribution in [0.2, 0.25) is 0 Å². The first-order valence-corrected chi connectivity index (χ1v) is 7.28. The number of ether oxygens (including phenoxy) is 2. The Morgan fingerprint density at radius 3 is 2.83 bits per heavy atom. The van der Waals surface area contributed by atoms with Gasteiger partial charge in [0.05, 0.1) is 14.2 Å². The van der Waals surface area contributed by atoms with Gasteiger partial charge in [0.1, 0.15) is 0 Å². The van der Waals surface area contributed by atoms with E-state index < -0.39 is 0 Å². The number of nitrogens with one attached hydrogen (secondary N) is 4. The lowest BCUT2D eigenvalue weighted by atomic mass is 10.1. The van der Waals surface area contributed by atoms with Gasteiger partial charge in [-0.1, -0.05) is 0 Å². The Labute approximate surface area is 133 Å². The van der Waals surface area contributed by atoms with Crippen molar-refractivity contribution < 1.29 is 14.3 Å². The molecular weight excluding hydrogens is 298 g/mol. The maximum Gasteiger partial charge on any atom is 0.324 e. The van der Waals surface area contributed by atoms with Crippen molar-refractivity contribution in [2.24, 2.45) is 0 Å². The van der Waals surface area contributed by atoms with Gasteiger partial charge in [0.25, 0.3) is 0 Å². The summed E-state index contributed by atoms with van der Waals surface area (Å²) in [5.41, 5.74) is 2.66. The van der Waals surface area contributed by atoms with E-state index in [-0.39, 0.29) is 6.03 Å². The molecule has 2 heterocycles. The van der Waals surface area contributed by atoms with Crippen LogP contribution in [0.25, 0.3) is 0 Å². The summed E-state index contributed by atoms with van der Waals surface area (Å²) in [4.78, 5) is 12.2. The van der Waals surface area contributed by atoms with Crippen LogP contribution in [-0.2, 0) is 13.0 Å². The number of hydrogen-bond acceptors (Lipinski definition) is 5. The third-order valence-corrected chi connectivity index (χ3v) is 3.68. The molecule has 1 aromatic carbocycles. The molecule has 1 aliphatic rings. The maximum atomic E-state index is 12.2. The lowest BCUT2D eigenvalue weighted by Crippen LogP contribution is -2.25. The number of carbonyl (C=O) groups is 1. The Morgan fingerprint density at radius 1 is 1.22 bits per heavy atom. The summed E-state index contributed by atoms with van der Waals surface area (Å²) >= 11 is 0. The van der Waals surface area contributed by atoms with E-state index in [1.807, 2.05) is 0 Å². The highest BCUT2D eigenvalue weighted by molar-refractivity contribution is 5.99. The van der Waals surface area contributed by atoms with Gasteiger partial charge in [-0.25, -0.2) is 4.79 Å². The number of aromatic nitrogens is 2. The van der Waals surface area contributed by atoms with Crippen LogP contribution in [0.15, 0.2) is 18.2 Å². The molecule has 0 saturated heterocycles. The van der Waals surface area contributed by atoms with Crippen LogP contribution in [-0.4, -0.2) is 37.0 Å². The number of carbonyl (C=O) groups excluding carboxylic acids is 1. The van der Waals surface area contributed by atoms with E-state index in [9.17, 15) is 4.79 Å². The highest BCUT2D eigenvalue weighted by Gasteiger charge is 2.18. The molecule has 8 heteroatoms. The first-order valence-electron chi connectivity index (χ1n) is 7.28. The van der Waals surface area contributed by atoms with E-state index in [1.165, 1.54) is 0 Å². The van der Waals surface area contributed by atoms with Crippen molar-refractivity contribution in [3.8, 4) is 11.5 Å². The van der Waals surface area contributed by atoms with Crippen LogP contribution in [0.4, 0.5) is 16.3 Å². The van der Waals surface area contributed by atoms with Crippen molar-refractivity contribution in [2.45, 2.75) is 13.0 Å². The summed E-state index contributed by atoms with van der Waals surface area (Å²) in [5.74, 6) is 1.70. The number of fused-ring (bicyclic) bond motifs is 1. The van der Waals surface area contributed by atoms with E-state index in [0.29, 0.717) is 29.5 Å². The summed E-state index contributed by atoms with van der Waals surface area (Å²) in [6.07, 6.45) is 0.876. The van der Waals surface area contributed by atoms with Crippen LogP contribution >= 0.6 is 0 Å². The molecule has 0 spiro atoms. The summed E-state index contributed by atoms with van der Waals surface area (Å²) in [5, 5.41) is 15.9. The van der Waals surface area contributed by atoms with Gasteiger partial charge in [0.2, 0.25) is 0 Å². The highest BCUT2D eigenvalue weighted by atomic mass is 16.5. The number of rotatable bonds is 4. The lowest BCUT2D eigenvalue weighted by molar-refractivity contribution is 0.262. The molecular formula is C15H19N5O3. The Bertz CT molecular complexity index is 713. The third kappa shape index (κ3) is 3.21. The second-order valence-corrected chi connectivity index (χ2v) is 5.10. The molecule has 0 fully saturated rings. The second kappa shape index (κ2) is 6.57. The first-order chi connectivity index (χ1) is 11.2. The van der Waals surface area contributed by atoms with E-state index in [1.54, 1.807) is 32.4 Å². The van der Waals surface area contributed by atoms with Crippen molar-refractivity contribution in [3.63, 3.8) is 0 Å². The number of anilines is 2. The Balaban J connectivity index is 1.69. The summed E-state index contributed by atoms with van der Waals surface area (Å²) < 4.78 is 10.4. The molecule has 4 N–H and O–H groups in total. The molecule has 2 amide bonds. The number of methoxy groups -OCH3 is 2. The molecule has 0 radical (unpaired) electrons. The molecule has 3 rings (SSSR count). The molecule has 8 nitrogen and oxygen atoms in total. The van der Waals surface area contributed by atoms with Crippen molar-refractivity contribution in [2.75, 3.05) is 31.4 Å². The molecule has 1 aromatic heterocycles. The largest absolute Gasteiger partial charge is 0.493 e. The van der Waals surface area contributed by atoms with E-state index in [2.05, 4.69) is 26.1 Å². The zero-order chi connectivity index (χ0) is 16.2. The smallest absolute Gasteiger partial charge is 0.324 e. The standard InChI is InChI=1S/C15H19N5O3/c1-22-12-4-3-9(7-13(12)23-2)17-15(21)18-14-10-8-16-6-5-11(10)19-20-14/h3-4,7,16H,5-6,8H2,1-2H3,(H3,17,18,19,20,21). The van der Waals surface area contributed by atoms with Crippen molar-refractivity contribution in [1.29, 1.82) is 0 Å². The van der Waals surface area contributed by atoms with Crippen molar-refractivity contribution in [1.82, 2.24) is 15.5 Å². The number of aromatic amines is 1. The average Bonchev–Trinajstić information content (AvgIpc) is 2.97. The Kier molecular flexibility index (Phi) is 4.33. The van der Waals surface area contributed by atoms with E-state index in [0.717, 1.165) is 24.2 Å². The minimum atomic E-state index is -0.364. The lowest BCUT2D eigenvalue weighted by Gasteiger charge is -2.14. The summed E-state index contributed by atoms with van der Waals surface area (Å²) in [6, 6.07) is 4.80. The molecule has 0 atom stereocenters. The van der Waals surface area contributed by atoms with Gasteiger partial charge in [-0.3, -0.25) is 10.4 Å². The zero-order valence-corrected chi connectivity index (χ0v) is 13.0. The SMILES string of the molecule is COc1ccc(NC(=O)Nc2n[nH]c3c2CNCC3)cc1OC. The molecule has 0 aliphatic carbocycles. The zero-order valence-electron chi connectivity index (χ0n) is 13.0. The topological polar surface area (TPSA) is 100 Å². The fourth-order valence-electron chi connectivity index (χ4n) is 2.51. The minimum Gasteiger partial charge on any atom is -0.493 e. The minimum absolute atomic E-state index is 0.364. The molecule has 0 saturated carbocycles. The molecule has 0 unspecified atom stereocenters. The predicted molar refractivity (Wildman–Crippen MR) is 86.2 cm³/mol. The fraction of sp³-hybridized carbons (Fsp3) is 0.333. The number of H-pyrrole nitrogens is 1. The van der Waals surface area contributed by atoms with Crippen molar-refractivity contribution in [3.05, 3.63) is 29.5 Å². The Morgan fingerprint density at radius 2 is 2.04 bits per heavy atom. The van der Waals surface area contributed by atoms with Gasteiger partial charge < -0.3 is 20.1 Å². The monoisotopic (exact) mass is 317 g/mol. The van der Waals surface area contributed by atoms with Gasteiger partial charge in [0.15, 0.2) is 17.3 Å². The fourth-order valence-corrected chi connectivity index (χ4v) is 2.51. The first kappa shape index (κ1) is 15.2. The number of urea groups is 1. The van der Waals surface area contributed by atoms with Gasteiger partial charge in [0, 0.05) is 42.5 Å².